The van der Waals surface area contributed by atoms with E-state index in [0.717, 1.165) is 17.5 Å². The van der Waals surface area contributed by atoms with E-state index in [-0.39, 0.29) is 16.8 Å². The normalized spacial score (nSPS) is 20.3. The Morgan fingerprint density at radius 2 is 1.71 bits per heavy atom. The standard InChI is InChI=1S/C22H26N2O3S/c1-16-15-20(16)22(18-7-5-4-6-8-18)23-21(25)14-11-17-9-12-19(13-10-17)28(26,27)24(2)3/h4-14,16,20,22H,15H2,1-3H3,(H,23,25)/b14-11+. The molecular formula is C22H26N2O3S. The van der Waals surface area contributed by atoms with Gasteiger partial charge in [-0.15, -0.1) is 0 Å². The average Bonchev–Trinajstić information content (AvgIpc) is 3.41. The summed E-state index contributed by atoms with van der Waals surface area (Å²) in [6.45, 7) is 2.20. The fraction of sp³-hybridized carbons (Fsp3) is 0.318. The fourth-order valence-corrected chi connectivity index (χ4v) is 4.15. The van der Waals surface area contributed by atoms with E-state index in [4.69, 9.17) is 0 Å². The minimum Gasteiger partial charge on any atom is -0.345 e. The van der Waals surface area contributed by atoms with Gasteiger partial charge in [0.2, 0.25) is 15.9 Å². The molecule has 28 heavy (non-hydrogen) atoms. The van der Waals surface area contributed by atoms with Gasteiger partial charge in [-0.3, -0.25) is 4.79 Å². The van der Waals surface area contributed by atoms with Crippen molar-refractivity contribution in [2.24, 2.45) is 11.8 Å². The second-order valence-electron chi connectivity index (χ2n) is 7.46. The van der Waals surface area contributed by atoms with Crippen molar-refractivity contribution in [2.75, 3.05) is 14.1 Å². The van der Waals surface area contributed by atoms with Crippen LogP contribution in [-0.2, 0) is 14.8 Å². The van der Waals surface area contributed by atoms with Crippen LogP contribution in [0, 0.1) is 11.8 Å². The molecule has 3 unspecified atom stereocenters. The summed E-state index contributed by atoms with van der Waals surface area (Å²) in [7, 11) is -0.455. The molecule has 1 aliphatic carbocycles. The van der Waals surface area contributed by atoms with Gasteiger partial charge in [-0.25, -0.2) is 12.7 Å². The van der Waals surface area contributed by atoms with Crippen LogP contribution in [0.25, 0.3) is 6.08 Å². The lowest BCUT2D eigenvalue weighted by molar-refractivity contribution is -0.117. The maximum absolute atomic E-state index is 12.5. The summed E-state index contributed by atoms with van der Waals surface area (Å²) in [6, 6.07) is 16.5. The molecule has 148 valence electrons. The minimum absolute atomic E-state index is 0.0148. The summed E-state index contributed by atoms with van der Waals surface area (Å²) in [4.78, 5) is 12.7. The molecule has 1 amide bonds. The number of rotatable bonds is 7. The monoisotopic (exact) mass is 398 g/mol. The minimum atomic E-state index is -3.45. The predicted molar refractivity (Wildman–Crippen MR) is 111 cm³/mol. The quantitative estimate of drug-likeness (QED) is 0.727. The first-order chi connectivity index (χ1) is 13.3. The van der Waals surface area contributed by atoms with Gasteiger partial charge in [0.05, 0.1) is 10.9 Å². The first kappa shape index (κ1) is 20.3. The lowest BCUT2D eigenvalue weighted by Crippen LogP contribution is -2.28. The lowest BCUT2D eigenvalue weighted by atomic mass is 10.0. The molecule has 2 aromatic carbocycles. The van der Waals surface area contributed by atoms with Crippen molar-refractivity contribution in [3.8, 4) is 0 Å². The summed E-state index contributed by atoms with van der Waals surface area (Å²) >= 11 is 0. The van der Waals surface area contributed by atoms with E-state index in [1.54, 1.807) is 30.3 Å². The average molecular weight is 399 g/mol. The largest absolute Gasteiger partial charge is 0.345 e. The highest BCUT2D eigenvalue weighted by Crippen LogP contribution is 2.46. The number of benzene rings is 2. The number of nitrogens with one attached hydrogen (secondary N) is 1. The Balaban J connectivity index is 1.67. The van der Waals surface area contributed by atoms with Crippen LogP contribution in [0.2, 0.25) is 0 Å². The van der Waals surface area contributed by atoms with Crippen molar-refractivity contribution in [3.63, 3.8) is 0 Å². The highest BCUT2D eigenvalue weighted by Gasteiger charge is 2.40. The Morgan fingerprint density at radius 3 is 2.25 bits per heavy atom. The van der Waals surface area contributed by atoms with Gasteiger partial charge in [0.15, 0.2) is 0 Å². The molecule has 6 heteroatoms. The fourth-order valence-electron chi connectivity index (χ4n) is 3.25. The molecule has 1 N–H and O–H groups in total. The maximum Gasteiger partial charge on any atom is 0.244 e. The molecule has 1 aliphatic rings. The van der Waals surface area contributed by atoms with Crippen LogP contribution in [0.4, 0.5) is 0 Å². The summed E-state index contributed by atoms with van der Waals surface area (Å²) in [5.41, 5.74) is 1.89. The van der Waals surface area contributed by atoms with Crippen LogP contribution < -0.4 is 5.32 Å². The van der Waals surface area contributed by atoms with E-state index in [1.807, 2.05) is 30.3 Å². The number of carbonyl (C=O) groups excluding carboxylic acids is 1. The Morgan fingerprint density at radius 1 is 1.11 bits per heavy atom. The van der Waals surface area contributed by atoms with E-state index in [1.165, 1.54) is 24.5 Å². The predicted octanol–water partition coefficient (Wildman–Crippen LogP) is 3.46. The molecule has 0 heterocycles. The molecule has 0 saturated heterocycles. The molecule has 5 nitrogen and oxygen atoms in total. The lowest BCUT2D eigenvalue weighted by Gasteiger charge is -2.18. The first-order valence-electron chi connectivity index (χ1n) is 9.35. The maximum atomic E-state index is 12.5. The van der Waals surface area contributed by atoms with Gasteiger partial charge in [0.1, 0.15) is 0 Å². The van der Waals surface area contributed by atoms with Gasteiger partial charge in [0.25, 0.3) is 0 Å². The van der Waals surface area contributed by atoms with Gasteiger partial charge in [-0.1, -0.05) is 49.4 Å². The summed E-state index contributed by atoms with van der Waals surface area (Å²) < 4.78 is 25.4. The molecule has 0 aromatic heterocycles. The van der Waals surface area contributed by atoms with E-state index in [2.05, 4.69) is 12.2 Å². The molecule has 0 radical (unpaired) electrons. The van der Waals surface area contributed by atoms with Crippen LogP contribution in [-0.4, -0.2) is 32.7 Å². The van der Waals surface area contributed by atoms with Crippen molar-refractivity contribution in [2.45, 2.75) is 24.3 Å². The second-order valence-corrected chi connectivity index (χ2v) is 9.62. The molecule has 3 rings (SSSR count). The van der Waals surface area contributed by atoms with Crippen molar-refractivity contribution >= 4 is 22.0 Å². The van der Waals surface area contributed by atoms with Crippen LogP contribution in [0.5, 0.6) is 0 Å². The molecule has 1 fully saturated rings. The third kappa shape index (κ3) is 4.69. The highest BCUT2D eigenvalue weighted by molar-refractivity contribution is 7.89. The topological polar surface area (TPSA) is 66.5 Å². The molecule has 2 aromatic rings. The zero-order valence-corrected chi connectivity index (χ0v) is 17.2. The number of amides is 1. The van der Waals surface area contributed by atoms with Crippen molar-refractivity contribution in [3.05, 3.63) is 71.8 Å². The Hall–Kier alpha value is -2.44. The summed E-state index contributed by atoms with van der Waals surface area (Å²) in [5, 5.41) is 3.12. The van der Waals surface area contributed by atoms with E-state index in [9.17, 15) is 13.2 Å². The Bertz CT molecular complexity index is 951. The van der Waals surface area contributed by atoms with Gasteiger partial charge >= 0.3 is 0 Å². The zero-order chi connectivity index (χ0) is 20.3. The first-order valence-corrected chi connectivity index (χ1v) is 10.8. The van der Waals surface area contributed by atoms with Gasteiger partial charge in [0, 0.05) is 20.2 Å². The number of nitrogens with zero attached hydrogens (tertiary/aromatic N) is 1. The molecule has 0 spiro atoms. The Kier molecular flexibility index (Phi) is 6.01. The molecule has 1 saturated carbocycles. The van der Waals surface area contributed by atoms with Crippen molar-refractivity contribution < 1.29 is 13.2 Å². The van der Waals surface area contributed by atoms with Crippen LogP contribution >= 0.6 is 0 Å². The third-order valence-electron chi connectivity index (χ3n) is 5.14. The van der Waals surface area contributed by atoms with E-state index in [0.29, 0.717) is 11.8 Å². The molecule has 3 atom stereocenters. The van der Waals surface area contributed by atoms with Gasteiger partial charge < -0.3 is 5.32 Å². The summed E-state index contributed by atoms with van der Waals surface area (Å²) in [6.07, 6.45) is 4.31. The van der Waals surface area contributed by atoms with Crippen molar-refractivity contribution in [1.29, 1.82) is 0 Å². The highest BCUT2D eigenvalue weighted by atomic mass is 32.2. The SMILES string of the molecule is CC1CC1C(NC(=O)/C=C/c1ccc(S(=O)(=O)N(C)C)cc1)c1ccccc1. The third-order valence-corrected chi connectivity index (χ3v) is 6.97. The number of carbonyl (C=O) groups is 1. The number of hydrogen-bond donors (Lipinski definition) is 1. The smallest absolute Gasteiger partial charge is 0.244 e. The van der Waals surface area contributed by atoms with Crippen LogP contribution in [0.1, 0.15) is 30.5 Å². The number of sulfonamides is 1. The summed E-state index contributed by atoms with van der Waals surface area (Å²) in [5.74, 6) is 0.925. The van der Waals surface area contributed by atoms with Crippen LogP contribution in [0.15, 0.2) is 65.6 Å². The van der Waals surface area contributed by atoms with Gasteiger partial charge in [-0.2, -0.15) is 0 Å². The van der Waals surface area contributed by atoms with E-state index < -0.39 is 10.0 Å². The van der Waals surface area contributed by atoms with Gasteiger partial charge in [-0.05, 0) is 47.6 Å². The second kappa shape index (κ2) is 8.29. The Labute approximate surface area is 167 Å². The molecule has 0 aliphatic heterocycles. The molecular weight excluding hydrogens is 372 g/mol. The van der Waals surface area contributed by atoms with E-state index >= 15 is 0 Å². The van der Waals surface area contributed by atoms with Crippen LogP contribution in [0.3, 0.4) is 0 Å². The van der Waals surface area contributed by atoms with Crippen molar-refractivity contribution in [1.82, 2.24) is 9.62 Å². The zero-order valence-electron chi connectivity index (χ0n) is 16.4. The molecule has 0 bridgehead atoms. The number of hydrogen-bond acceptors (Lipinski definition) is 3.